The van der Waals surface area contributed by atoms with Gasteiger partial charge in [-0.2, -0.15) is 0 Å². The summed E-state index contributed by atoms with van der Waals surface area (Å²) in [7, 11) is 0. The molecule has 168 valence electrons. The molecule has 0 aromatic heterocycles. The summed E-state index contributed by atoms with van der Waals surface area (Å²) in [5, 5.41) is 14.1. The molecule has 1 aliphatic carbocycles. The molecule has 7 nitrogen and oxygen atoms in total. The highest BCUT2D eigenvalue weighted by molar-refractivity contribution is 5.90. The van der Waals surface area contributed by atoms with Gasteiger partial charge in [0.2, 0.25) is 5.91 Å². The van der Waals surface area contributed by atoms with Gasteiger partial charge in [-0.25, -0.2) is 4.79 Å². The third-order valence-corrected chi connectivity index (χ3v) is 5.73. The number of benzene rings is 3. The molecule has 0 spiro atoms. The number of carbonyl (C=O) groups excluding carboxylic acids is 2. The summed E-state index contributed by atoms with van der Waals surface area (Å²) >= 11 is 0. The Labute approximate surface area is 191 Å². The van der Waals surface area contributed by atoms with E-state index in [9.17, 15) is 14.4 Å². The number of rotatable bonds is 7. The molecule has 0 bridgehead atoms. The third kappa shape index (κ3) is 4.72. The number of hydrogen-bond acceptors (Lipinski definition) is 4. The first kappa shape index (κ1) is 22.1. The summed E-state index contributed by atoms with van der Waals surface area (Å²) in [6.07, 6.45) is -0.760. The highest BCUT2D eigenvalue weighted by Gasteiger charge is 2.30. The van der Waals surface area contributed by atoms with Gasteiger partial charge in [-0.15, -0.1) is 0 Å². The van der Waals surface area contributed by atoms with Gasteiger partial charge in [-0.05, 0) is 34.7 Å². The van der Waals surface area contributed by atoms with Crippen LogP contribution in [0.15, 0.2) is 78.9 Å². The van der Waals surface area contributed by atoms with E-state index in [0.29, 0.717) is 5.56 Å². The zero-order chi connectivity index (χ0) is 23.4. The van der Waals surface area contributed by atoms with E-state index in [4.69, 9.17) is 9.84 Å². The average Bonchev–Trinajstić information content (AvgIpc) is 3.15. The lowest BCUT2D eigenvalue weighted by molar-refractivity contribution is -0.141. The van der Waals surface area contributed by atoms with Crippen LogP contribution in [0.4, 0.5) is 4.79 Å². The van der Waals surface area contributed by atoms with E-state index in [1.54, 1.807) is 30.3 Å². The Hall–Kier alpha value is -4.13. The summed E-state index contributed by atoms with van der Waals surface area (Å²) < 4.78 is 5.55. The van der Waals surface area contributed by atoms with E-state index in [2.05, 4.69) is 10.6 Å². The van der Waals surface area contributed by atoms with Crippen molar-refractivity contribution >= 4 is 18.0 Å². The lowest BCUT2D eigenvalue weighted by Gasteiger charge is -2.21. The fourth-order valence-corrected chi connectivity index (χ4v) is 4.06. The molecule has 0 radical (unpaired) electrons. The summed E-state index contributed by atoms with van der Waals surface area (Å²) in [5.74, 6) is -1.92. The molecule has 33 heavy (non-hydrogen) atoms. The maximum absolute atomic E-state index is 12.7. The van der Waals surface area contributed by atoms with Crippen LogP contribution in [0.2, 0.25) is 0 Å². The molecule has 0 saturated heterocycles. The molecule has 2 atom stereocenters. The van der Waals surface area contributed by atoms with Crippen LogP contribution in [-0.4, -0.2) is 35.7 Å². The molecular weight excluding hydrogens is 420 g/mol. The molecule has 3 aromatic carbocycles. The molecule has 2 amide bonds. The van der Waals surface area contributed by atoms with Gasteiger partial charge in [0, 0.05) is 5.92 Å². The largest absolute Gasteiger partial charge is 0.480 e. The van der Waals surface area contributed by atoms with Gasteiger partial charge in [0.05, 0.1) is 0 Å². The summed E-state index contributed by atoms with van der Waals surface area (Å²) in [5.41, 5.74) is 4.91. The summed E-state index contributed by atoms with van der Waals surface area (Å²) in [6.45, 7) is 1.46. The molecule has 3 aromatic rings. The van der Waals surface area contributed by atoms with E-state index < -0.39 is 30.1 Å². The topological polar surface area (TPSA) is 105 Å². The van der Waals surface area contributed by atoms with E-state index >= 15 is 0 Å². The maximum Gasteiger partial charge on any atom is 0.408 e. The molecule has 0 aliphatic heterocycles. The maximum atomic E-state index is 12.7. The molecule has 1 aliphatic rings. The first-order chi connectivity index (χ1) is 16.0. The smallest absolute Gasteiger partial charge is 0.408 e. The van der Waals surface area contributed by atoms with Crippen LogP contribution < -0.4 is 10.6 Å². The SMILES string of the molecule is CC(NC(=O)[C@@H](NC(=O)OCC1c2ccccc2-c2ccccc21)c1ccccc1)C(=O)O. The highest BCUT2D eigenvalue weighted by Crippen LogP contribution is 2.44. The highest BCUT2D eigenvalue weighted by atomic mass is 16.5. The van der Waals surface area contributed by atoms with Crippen molar-refractivity contribution in [1.82, 2.24) is 10.6 Å². The van der Waals surface area contributed by atoms with Crippen LogP contribution in [0.5, 0.6) is 0 Å². The van der Waals surface area contributed by atoms with Crippen molar-refractivity contribution in [3.63, 3.8) is 0 Å². The number of hydrogen-bond donors (Lipinski definition) is 3. The first-order valence-electron chi connectivity index (χ1n) is 10.7. The molecule has 7 heteroatoms. The second kappa shape index (κ2) is 9.56. The number of ether oxygens (including phenoxy) is 1. The number of carbonyl (C=O) groups is 3. The summed E-state index contributed by atoms with van der Waals surface area (Å²) in [6, 6.07) is 22.4. The predicted octanol–water partition coefficient (Wildman–Crippen LogP) is 3.86. The lowest BCUT2D eigenvalue weighted by atomic mass is 9.98. The van der Waals surface area contributed by atoms with Gasteiger partial charge in [0.1, 0.15) is 18.7 Å². The zero-order valence-electron chi connectivity index (χ0n) is 18.0. The number of amides is 2. The summed E-state index contributed by atoms with van der Waals surface area (Å²) in [4.78, 5) is 36.6. The van der Waals surface area contributed by atoms with E-state index in [1.165, 1.54) is 6.92 Å². The van der Waals surface area contributed by atoms with Gasteiger partial charge >= 0.3 is 12.1 Å². The lowest BCUT2D eigenvalue weighted by Crippen LogP contribution is -2.46. The fourth-order valence-electron chi connectivity index (χ4n) is 4.06. The number of nitrogens with one attached hydrogen (secondary N) is 2. The normalized spacial score (nSPS) is 13.8. The monoisotopic (exact) mass is 444 g/mol. The van der Waals surface area contributed by atoms with E-state index in [-0.39, 0.29) is 12.5 Å². The van der Waals surface area contributed by atoms with Crippen molar-refractivity contribution in [2.45, 2.75) is 24.9 Å². The van der Waals surface area contributed by atoms with Crippen molar-refractivity contribution < 1.29 is 24.2 Å². The number of fused-ring (bicyclic) bond motifs is 3. The molecule has 0 heterocycles. The van der Waals surface area contributed by atoms with Gasteiger partial charge in [-0.3, -0.25) is 9.59 Å². The van der Waals surface area contributed by atoms with Crippen molar-refractivity contribution in [3.8, 4) is 11.1 Å². The minimum absolute atomic E-state index is 0.106. The van der Waals surface area contributed by atoms with Crippen molar-refractivity contribution in [1.29, 1.82) is 0 Å². The minimum atomic E-state index is -1.17. The van der Waals surface area contributed by atoms with Crippen molar-refractivity contribution in [3.05, 3.63) is 95.6 Å². The number of aliphatic carboxylic acids is 1. The number of carboxylic acids is 1. The second-order valence-electron chi connectivity index (χ2n) is 7.88. The predicted molar refractivity (Wildman–Crippen MR) is 123 cm³/mol. The Morgan fingerprint density at radius 1 is 0.848 bits per heavy atom. The molecular formula is C26H24N2O5. The third-order valence-electron chi connectivity index (χ3n) is 5.73. The Morgan fingerprint density at radius 3 is 1.97 bits per heavy atom. The number of carboxylic acid groups (broad SMARTS) is 1. The zero-order valence-corrected chi connectivity index (χ0v) is 18.0. The Morgan fingerprint density at radius 2 is 1.39 bits per heavy atom. The van der Waals surface area contributed by atoms with Gasteiger partial charge in [0.15, 0.2) is 0 Å². The van der Waals surface area contributed by atoms with Crippen LogP contribution in [-0.2, 0) is 14.3 Å². The second-order valence-corrected chi connectivity index (χ2v) is 7.88. The standard InChI is InChI=1S/C26H24N2O5/c1-16(25(30)31)27-24(29)23(17-9-3-2-4-10-17)28-26(32)33-15-22-20-13-7-5-11-18(20)19-12-6-8-14-21(19)22/h2-14,16,22-23H,15H2,1H3,(H,27,29)(H,28,32)(H,30,31)/t16?,23-/m0/s1. The van der Waals surface area contributed by atoms with Gasteiger partial charge in [-0.1, -0.05) is 78.9 Å². The molecule has 3 N–H and O–H groups in total. The van der Waals surface area contributed by atoms with Crippen molar-refractivity contribution in [2.75, 3.05) is 6.61 Å². The average molecular weight is 444 g/mol. The van der Waals surface area contributed by atoms with Crippen LogP contribution in [0.25, 0.3) is 11.1 Å². The van der Waals surface area contributed by atoms with Crippen LogP contribution >= 0.6 is 0 Å². The fraction of sp³-hybridized carbons (Fsp3) is 0.192. The molecule has 4 rings (SSSR count). The van der Waals surface area contributed by atoms with E-state index in [0.717, 1.165) is 22.3 Å². The van der Waals surface area contributed by atoms with Gasteiger partial charge in [0.25, 0.3) is 0 Å². The van der Waals surface area contributed by atoms with Gasteiger partial charge < -0.3 is 20.5 Å². The Bertz CT molecular complexity index is 1130. The first-order valence-corrected chi connectivity index (χ1v) is 10.7. The Kier molecular flexibility index (Phi) is 6.40. The molecule has 0 fully saturated rings. The van der Waals surface area contributed by atoms with Crippen LogP contribution in [0.1, 0.15) is 35.6 Å². The minimum Gasteiger partial charge on any atom is -0.480 e. The quantitative estimate of drug-likeness (QED) is 0.513. The molecule has 1 unspecified atom stereocenters. The van der Waals surface area contributed by atoms with Crippen molar-refractivity contribution in [2.24, 2.45) is 0 Å². The van der Waals surface area contributed by atoms with Crippen LogP contribution in [0, 0.1) is 0 Å². The van der Waals surface area contributed by atoms with Crippen LogP contribution in [0.3, 0.4) is 0 Å². The Balaban J connectivity index is 1.48. The molecule has 0 saturated carbocycles. The number of alkyl carbamates (subject to hydrolysis) is 1. The van der Waals surface area contributed by atoms with E-state index in [1.807, 2.05) is 48.5 Å².